The zero-order valence-corrected chi connectivity index (χ0v) is 21.3. The van der Waals surface area contributed by atoms with E-state index in [9.17, 15) is 4.79 Å². The van der Waals surface area contributed by atoms with Gasteiger partial charge in [0.15, 0.2) is 0 Å². The van der Waals surface area contributed by atoms with Crippen molar-refractivity contribution in [2.75, 3.05) is 26.2 Å². The van der Waals surface area contributed by atoms with Gasteiger partial charge in [0.2, 0.25) is 0 Å². The van der Waals surface area contributed by atoms with Crippen LogP contribution in [0, 0.1) is 11.3 Å². The summed E-state index contributed by atoms with van der Waals surface area (Å²) < 4.78 is 6.12. The maximum atomic E-state index is 10.9. The third-order valence-corrected chi connectivity index (χ3v) is 6.26. The zero-order valence-electron chi connectivity index (χ0n) is 19.7. The van der Waals surface area contributed by atoms with Gasteiger partial charge < -0.3 is 15.2 Å². The van der Waals surface area contributed by atoms with Crippen LogP contribution in [0.25, 0.3) is 0 Å². The number of rotatable bonds is 6. The Balaban J connectivity index is 0.00000216. The summed E-state index contributed by atoms with van der Waals surface area (Å²) in [5.41, 5.74) is 4.20. The van der Waals surface area contributed by atoms with Gasteiger partial charge in [-0.05, 0) is 60.9 Å². The number of carbonyl (C=O) groups is 1. The van der Waals surface area contributed by atoms with Gasteiger partial charge in [-0.2, -0.15) is 5.10 Å². The first-order valence-electron chi connectivity index (χ1n) is 11.4. The van der Waals surface area contributed by atoms with Crippen LogP contribution in [0.5, 0.6) is 5.75 Å². The molecule has 4 rings (SSSR count). The highest BCUT2D eigenvalue weighted by atomic mass is 35.5. The maximum absolute atomic E-state index is 10.9. The molecule has 0 bridgehead atoms. The van der Waals surface area contributed by atoms with Crippen LogP contribution >= 0.6 is 24.8 Å². The number of amides is 1. The second-order valence-corrected chi connectivity index (χ2v) is 8.60. The van der Waals surface area contributed by atoms with Crippen LogP contribution in [0.1, 0.15) is 42.5 Å². The third-order valence-electron chi connectivity index (χ3n) is 6.26. The molecule has 1 fully saturated rings. The van der Waals surface area contributed by atoms with E-state index in [1.54, 1.807) is 0 Å². The molecule has 1 amide bonds. The molecule has 1 atom stereocenters. The van der Waals surface area contributed by atoms with Crippen molar-refractivity contribution >= 4 is 42.5 Å². The van der Waals surface area contributed by atoms with Gasteiger partial charge in [-0.25, -0.2) is 4.79 Å². The van der Waals surface area contributed by atoms with Crippen molar-refractivity contribution < 1.29 is 14.6 Å². The molecule has 2 heterocycles. The smallest absolute Gasteiger partial charge is 0.410 e. The number of benzene rings is 2. The van der Waals surface area contributed by atoms with Crippen molar-refractivity contribution in [2.24, 2.45) is 11.0 Å². The lowest BCUT2D eigenvalue weighted by Gasteiger charge is -2.31. The molecule has 10 heteroatoms. The molecule has 0 spiro atoms. The molecule has 0 aromatic heterocycles. The summed E-state index contributed by atoms with van der Waals surface area (Å²) in [7, 11) is 0. The zero-order chi connectivity index (χ0) is 23.2. The summed E-state index contributed by atoms with van der Waals surface area (Å²) in [5.74, 6) is 1.15. The average Bonchev–Trinajstić information content (AvgIpc) is 2.83. The number of amidine groups is 1. The van der Waals surface area contributed by atoms with Gasteiger partial charge in [0.1, 0.15) is 11.6 Å². The number of nitrogens with zero attached hydrogens (tertiary/aromatic N) is 2. The van der Waals surface area contributed by atoms with Gasteiger partial charge in [0.05, 0.1) is 18.4 Å². The van der Waals surface area contributed by atoms with Crippen molar-refractivity contribution in [2.45, 2.75) is 32.2 Å². The second-order valence-electron chi connectivity index (χ2n) is 8.60. The monoisotopic (exact) mass is 521 g/mol. The molecule has 2 aromatic carbocycles. The Morgan fingerprint density at radius 3 is 2.60 bits per heavy atom. The molecule has 8 nitrogen and oxygen atoms in total. The summed E-state index contributed by atoms with van der Waals surface area (Å²) in [5, 5.41) is 29.4. The number of hydrazone groups is 1. The van der Waals surface area contributed by atoms with E-state index in [4.69, 9.17) is 20.4 Å². The minimum absolute atomic E-state index is 0. The lowest BCUT2D eigenvalue weighted by Crippen LogP contribution is -2.42. The first-order valence-corrected chi connectivity index (χ1v) is 11.4. The first-order chi connectivity index (χ1) is 16.0. The molecular weight excluding hydrogens is 489 g/mol. The molecule has 0 saturated carbocycles. The van der Waals surface area contributed by atoms with E-state index in [0.29, 0.717) is 19.1 Å². The predicted molar refractivity (Wildman–Crippen MR) is 143 cm³/mol. The molecule has 35 heavy (non-hydrogen) atoms. The van der Waals surface area contributed by atoms with E-state index < -0.39 is 12.1 Å². The van der Waals surface area contributed by atoms with Crippen LogP contribution in [-0.2, 0) is 6.42 Å². The molecule has 0 aliphatic carbocycles. The van der Waals surface area contributed by atoms with E-state index in [1.165, 1.54) is 0 Å². The lowest BCUT2D eigenvalue weighted by atomic mass is 9.93. The van der Waals surface area contributed by atoms with Gasteiger partial charge >= 0.3 is 6.09 Å². The van der Waals surface area contributed by atoms with Crippen molar-refractivity contribution in [3.8, 4) is 5.75 Å². The van der Waals surface area contributed by atoms with Crippen LogP contribution < -0.4 is 15.4 Å². The van der Waals surface area contributed by atoms with Gasteiger partial charge in [-0.3, -0.25) is 15.7 Å². The molecule has 2 aromatic rings. The fourth-order valence-electron chi connectivity index (χ4n) is 4.41. The van der Waals surface area contributed by atoms with Gasteiger partial charge in [-0.15, -0.1) is 24.8 Å². The van der Waals surface area contributed by atoms with E-state index in [1.807, 2.05) is 36.4 Å². The molecule has 1 saturated heterocycles. The van der Waals surface area contributed by atoms with Crippen molar-refractivity contribution in [1.29, 1.82) is 5.41 Å². The van der Waals surface area contributed by atoms with E-state index >= 15 is 0 Å². The predicted octanol–water partition coefficient (Wildman–Crippen LogP) is 4.48. The third kappa shape index (κ3) is 7.59. The van der Waals surface area contributed by atoms with E-state index in [2.05, 4.69) is 34.7 Å². The number of nitrogens with one attached hydrogen (secondary N) is 3. The molecular formula is C25H33Cl2N5O3. The Hall–Kier alpha value is -2.81. The Bertz CT molecular complexity index is 1030. The number of fused-ring (bicyclic) bond motifs is 1. The minimum Gasteiger partial charge on any atom is -0.493 e. The number of carboxylic acid groups (broad SMARTS) is 1. The van der Waals surface area contributed by atoms with Crippen LogP contribution in [0.4, 0.5) is 4.79 Å². The van der Waals surface area contributed by atoms with Crippen LogP contribution in [0.2, 0.25) is 0 Å². The summed E-state index contributed by atoms with van der Waals surface area (Å²) >= 11 is 0. The number of halogens is 2. The number of hydrogen-bond acceptors (Lipinski definition) is 6. The second kappa shape index (κ2) is 13.3. The average molecular weight is 522 g/mol. The van der Waals surface area contributed by atoms with Gasteiger partial charge in [0.25, 0.3) is 0 Å². The first kappa shape index (κ1) is 28.4. The highest BCUT2D eigenvalue weighted by Gasteiger charge is 2.25. The highest BCUT2D eigenvalue weighted by Crippen LogP contribution is 2.28. The molecule has 0 radical (unpaired) electrons. The van der Waals surface area contributed by atoms with Gasteiger partial charge in [0, 0.05) is 19.6 Å². The van der Waals surface area contributed by atoms with Crippen molar-refractivity contribution in [3.63, 3.8) is 0 Å². The van der Waals surface area contributed by atoms with Crippen LogP contribution in [-0.4, -0.2) is 54.0 Å². The van der Waals surface area contributed by atoms with E-state index in [-0.39, 0.29) is 30.6 Å². The Kier molecular flexibility index (Phi) is 10.8. The summed E-state index contributed by atoms with van der Waals surface area (Å²) in [4.78, 5) is 10.9. The summed E-state index contributed by atoms with van der Waals surface area (Å²) in [6.45, 7) is 5.20. The number of hydrogen-bond donors (Lipinski definition) is 4. The summed E-state index contributed by atoms with van der Waals surface area (Å²) in [6, 6.07) is 15.7. The minimum atomic E-state index is -1.23. The summed E-state index contributed by atoms with van der Waals surface area (Å²) in [6.07, 6.45) is 1.66. The Morgan fingerprint density at radius 2 is 1.91 bits per heavy atom. The molecule has 2 aliphatic rings. The fraction of sp³-hybridized carbons (Fsp3) is 0.400. The number of piperidine rings is 1. The van der Waals surface area contributed by atoms with Gasteiger partial charge in [-0.1, -0.05) is 36.4 Å². The molecule has 4 N–H and O–H groups in total. The van der Waals surface area contributed by atoms with Crippen LogP contribution in [0.3, 0.4) is 0 Å². The normalized spacial score (nSPS) is 17.9. The number of ether oxygens (including phenoxy) is 1. The fourth-order valence-corrected chi connectivity index (χ4v) is 4.41. The van der Waals surface area contributed by atoms with Crippen molar-refractivity contribution in [3.05, 3.63) is 65.2 Å². The van der Waals surface area contributed by atoms with E-state index in [0.717, 1.165) is 60.5 Å². The standard InChI is InChI=1S/C25H31N5O3.2ClH/c1-17(19-5-3-2-4-6-19)29-30-13-10-18(11-14-30)16-33-21-8-7-20-9-12-27-23(22(20)15-21)24(26)28-25(31)32;;/h2-8,15,18,23,27H,9-14,16H2,1H3,(H2,26,28)(H,31,32);2*1H/b29-17+;;. The molecule has 190 valence electrons. The van der Waals surface area contributed by atoms with Crippen LogP contribution in [0.15, 0.2) is 53.6 Å². The Labute approximate surface area is 218 Å². The Morgan fingerprint density at radius 1 is 1.20 bits per heavy atom. The maximum Gasteiger partial charge on any atom is 0.410 e. The lowest BCUT2D eigenvalue weighted by molar-refractivity contribution is 0.145. The molecule has 2 aliphatic heterocycles. The highest BCUT2D eigenvalue weighted by molar-refractivity contribution is 5.98. The van der Waals surface area contributed by atoms with Crippen molar-refractivity contribution in [1.82, 2.24) is 15.6 Å². The largest absolute Gasteiger partial charge is 0.493 e. The quantitative estimate of drug-likeness (QED) is 0.331. The SMILES string of the molecule is C/C(=N\N1CCC(COc2ccc3c(c2)C(C(=N)NC(=O)O)NCC3)CC1)c1ccccc1.Cl.Cl. The molecule has 1 unspecified atom stereocenters. The topological polar surface area (TPSA) is 110 Å².